The van der Waals surface area contributed by atoms with Gasteiger partial charge >= 0.3 is 11.9 Å². The predicted octanol–water partition coefficient (Wildman–Crippen LogP) is -0.202. The molecule has 0 heterocycles. The Morgan fingerprint density at radius 2 is 1.23 bits per heavy atom. The molecule has 0 saturated heterocycles. The summed E-state index contributed by atoms with van der Waals surface area (Å²) in [5.41, 5.74) is 0. The van der Waals surface area contributed by atoms with E-state index in [-0.39, 0.29) is 47.4 Å². The van der Waals surface area contributed by atoms with E-state index in [9.17, 15) is 9.59 Å². The minimum Gasteiger partial charge on any atom is -0.468 e. The van der Waals surface area contributed by atoms with Crippen LogP contribution in [0.2, 0.25) is 0 Å². The zero-order valence-corrected chi connectivity index (χ0v) is 12.1. The molecule has 0 saturated carbocycles. The number of ether oxygens (including phenoxy) is 2. The van der Waals surface area contributed by atoms with Gasteiger partial charge in [0.2, 0.25) is 0 Å². The summed E-state index contributed by atoms with van der Waals surface area (Å²) < 4.78 is 8.37. The van der Waals surface area contributed by atoms with Crippen LogP contribution in [0.5, 0.6) is 0 Å². The van der Waals surface area contributed by atoms with Gasteiger partial charge in [-0.25, -0.2) is 0 Å². The first-order valence-corrected chi connectivity index (χ1v) is 4.24. The molecule has 0 aliphatic rings. The minimum atomic E-state index is -0.293. The van der Waals surface area contributed by atoms with Crippen molar-refractivity contribution in [1.29, 1.82) is 0 Å². The van der Waals surface area contributed by atoms with Gasteiger partial charge in [0.05, 0.1) is 25.7 Å². The summed E-state index contributed by atoms with van der Waals surface area (Å²) in [5.74, 6) is -0.260. The van der Waals surface area contributed by atoms with Crippen molar-refractivity contribution < 1.29 is 19.1 Å². The summed E-state index contributed by atoms with van der Waals surface area (Å²) in [7, 11) is 2.66. The SMILES string of the molecule is COC(=O)CS.COC(=O)CS.[Sn]. The van der Waals surface area contributed by atoms with Crippen molar-refractivity contribution >= 4 is 61.1 Å². The number of carbonyl (C=O) groups excluding carboxylic acids is 2. The van der Waals surface area contributed by atoms with Crippen molar-refractivity contribution in [2.45, 2.75) is 0 Å². The topological polar surface area (TPSA) is 52.6 Å². The molecule has 0 aliphatic heterocycles. The van der Waals surface area contributed by atoms with E-state index in [1.54, 1.807) is 0 Å². The third-order valence-corrected chi connectivity index (χ3v) is 1.23. The van der Waals surface area contributed by atoms with E-state index < -0.39 is 0 Å². The standard InChI is InChI=1S/2C3H6O2S.Sn/c2*1-5-3(4)2-6;/h2*6H,2H2,1H3;. The smallest absolute Gasteiger partial charge is 0.315 e. The number of hydrogen-bond acceptors (Lipinski definition) is 6. The first-order valence-electron chi connectivity index (χ1n) is 2.97. The minimum absolute atomic E-state index is 0. The molecule has 4 radical (unpaired) electrons. The van der Waals surface area contributed by atoms with Gasteiger partial charge in [-0.1, -0.05) is 0 Å². The fraction of sp³-hybridized carbons (Fsp3) is 0.667. The van der Waals surface area contributed by atoms with Crippen LogP contribution in [-0.4, -0.2) is 61.6 Å². The van der Waals surface area contributed by atoms with Crippen LogP contribution < -0.4 is 0 Å². The van der Waals surface area contributed by atoms with Crippen molar-refractivity contribution in [1.82, 2.24) is 0 Å². The summed E-state index contributed by atoms with van der Waals surface area (Å²) in [4.78, 5) is 19.8. The zero-order valence-electron chi connectivity index (χ0n) is 7.44. The molecular formula is C6H12O4S2Sn. The quantitative estimate of drug-likeness (QED) is 0.418. The van der Waals surface area contributed by atoms with Gasteiger partial charge in [-0.3, -0.25) is 9.59 Å². The fourth-order valence-electron chi connectivity index (χ4n) is 0.129. The van der Waals surface area contributed by atoms with Gasteiger partial charge in [0.25, 0.3) is 0 Å². The average molecular weight is 331 g/mol. The molecule has 0 rings (SSSR count). The summed E-state index contributed by atoms with van der Waals surface area (Å²) in [6.45, 7) is 0. The van der Waals surface area contributed by atoms with Crippen molar-refractivity contribution in [3.63, 3.8) is 0 Å². The Kier molecular flexibility index (Phi) is 21.9. The molecule has 0 spiro atoms. The Balaban J connectivity index is -0.000000143. The zero-order chi connectivity index (χ0) is 9.98. The molecule has 0 unspecified atom stereocenters. The van der Waals surface area contributed by atoms with Gasteiger partial charge in [0.1, 0.15) is 0 Å². The molecule has 0 atom stereocenters. The third kappa shape index (κ3) is 19.0. The molecule has 13 heavy (non-hydrogen) atoms. The van der Waals surface area contributed by atoms with Crippen LogP contribution in [0.4, 0.5) is 0 Å². The van der Waals surface area contributed by atoms with Crippen LogP contribution in [0.1, 0.15) is 0 Å². The number of methoxy groups -OCH3 is 2. The normalized spacial score (nSPS) is 7.08. The Labute approximate surface area is 106 Å². The Morgan fingerprint density at radius 3 is 1.23 bits per heavy atom. The second-order valence-corrected chi connectivity index (χ2v) is 2.10. The monoisotopic (exact) mass is 332 g/mol. The first kappa shape index (κ1) is 19.1. The molecule has 0 aromatic heterocycles. The second-order valence-electron chi connectivity index (χ2n) is 1.47. The number of thiol groups is 2. The van der Waals surface area contributed by atoms with E-state index in [0.717, 1.165) is 0 Å². The summed E-state index contributed by atoms with van der Waals surface area (Å²) in [6.07, 6.45) is 0. The van der Waals surface area contributed by atoms with Gasteiger partial charge in [-0.05, 0) is 0 Å². The fourth-order valence-corrected chi connectivity index (χ4v) is 0.387. The molecule has 0 bridgehead atoms. The average Bonchev–Trinajstić information content (AvgIpc) is 2.16. The van der Waals surface area contributed by atoms with Crippen LogP contribution in [0.15, 0.2) is 0 Å². The van der Waals surface area contributed by atoms with Gasteiger partial charge in [-0.15, -0.1) is 0 Å². The Morgan fingerprint density at radius 1 is 1.00 bits per heavy atom. The van der Waals surface area contributed by atoms with Crippen LogP contribution in [0.3, 0.4) is 0 Å². The van der Waals surface area contributed by atoms with Crippen molar-refractivity contribution in [3.8, 4) is 0 Å². The van der Waals surface area contributed by atoms with Gasteiger partial charge in [0.15, 0.2) is 0 Å². The van der Waals surface area contributed by atoms with Gasteiger partial charge in [-0.2, -0.15) is 25.3 Å². The number of hydrogen-bond donors (Lipinski definition) is 2. The summed E-state index contributed by atoms with van der Waals surface area (Å²) in [5, 5.41) is 0. The maximum Gasteiger partial charge on any atom is 0.315 e. The van der Waals surface area contributed by atoms with E-state index in [1.807, 2.05) is 0 Å². The van der Waals surface area contributed by atoms with Gasteiger partial charge in [0, 0.05) is 23.9 Å². The predicted molar refractivity (Wildman–Crippen MR) is 57.5 cm³/mol. The number of esters is 2. The second kappa shape index (κ2) is 14.9. The molecule has 0 aliphatic carbocycles. The molecule has 0 fully saturated rings. The van der Waals surface area contributed by atoms with Crippen molar-refractivity contribution in [3.05, 3.63) is 0 Å². The van der Waals surface area contributed by atoms with Crippen LogP contribution in [-0.2, 0) is 19.1 Å². The number of carbonyl (C=O) groups is 2. The number of rotatable bonds is 2. The molecule has 76 valence electrons. The van der Waals surface area contributed by atoms with E-state index >= 15 is 0 Å². The molecular weight excluding hydrogens is 319 g/mol. The molecule has 4 nitrogen and oxygen atoms in total. The van der Waals surface area contributed by atoms with E-state index in [0.29, 0.717) is 0 Å². The molecule has 0 N–H and O–H groups in total. The van der Waals surface area contributed by atoms with Crippen LogP contribution in [0, 0.1) is 0 Å². The van der Waals surface area contributed by atoms with Crippen LogP contribution >= 0.6 is 25.3 Å². The summed E-state index contributed by atoms with van der Waals surface area (Å²) >= 11 is 7.24. The van der Waals surface area contributed by atoms with E-state index in [4.69, 9.17) is 0 Å². The molecule has 0 aromatic rings. The van der Waals surface area contributed by atoms with Crippen molar-refractivity contribution in [2.75, 3.05) is 25.7 Å². The maximum atomic E-state index is 9.88. The summed E-state index contributed by atoms with van der Waals surface area (Å²) in [6, 6.07) is 0. The van der Waals surface area contributed by atoms with Gasteiger partial charge < -0.3 is 9.47 Å². The largest absolute Gasteiger partial charge is 0.468 e. The Bertz CT molecular complexity index is 115. The molecule has 0 amide bonds. The van der Waals surface area contributed by atoms with E-state index in [1.165, 1.54) is 14.2 Å². The third-order valence-electron chi connectivity index (χ3n) is 0.714. The Hall–Kier alpha value is 0.439. The van der Waals surface area contributed by atoms with Crippen LogP contribution in [0.25, 0.3) is 0 Å². The molecule has 7 heteroatoms. The maximum absolute atomic E-state index is 9.88. The van der Waals surface area contributed by atoms with E-state index in [2.05, 4.69) is 34.7 Å². The van der Waals surface area contributed by atoms with Crippen molar-refractivity contribution in [2.24, 2.45) is 0 Å². The first-order chi connectivity index (χ1) is 5.62. The molecule has 0 aromatic carbocycles.